The first-order chi connectivity index (χ1) is 14.3. The molecule has 29 heavy (non-hydrogen) atoms. The number of carbonyl (C=O) groups excluding carboxylic acids is 1. The van der Waals surface area contributed by atoms with E-state index in [9.17, 15) is 4.79 Å². The molecule has 2 heterocycles. The number of carbonyl (C=O) groups is 1. The maximum Gasteiger partial charge on any atom is 0.227 e. The third-order valence-corrected chi connectivity index (χ3v) is 6.58. The second-order valence-corrected chi connectivity index (χ2v) is 8.37. The highest BCUT2D eigenvalue weighted by Gasteiger charge is 2.37. The zero-order chi connectivity index (χ0) is 20.1. The maximum atomic E-state index is 13.4. The van der Waals surface area contributed by atoms with Gasteiger partial charge in [0, 0.05) is 39.2 Å². The van der Waals surface area contributed by atoms with Crippen molar-refractivity contribution in [2.45, 2.75) is 31.1 Å². The summed E-state index contributed by atoms with van der Waals surface area (Å²) in [5, 5.41) is 3.47. The molecule has 4 nitrogen and oxygen atoms in total. The molecule has 0 bridgehead atoms. The average Bonchev–Trinajstić information content (AvgIpc) is 3.28. The molecular formula is C25H32N2O2. The number of hydrogen-bond acceptors (Lipinski definition) is 3. The highest BCUT2D eigenvalue weighted by Crippen LogP contribution is 2.33. The molecule has 2 atom stereocenters. The Labute approximate surface area is 174 Å². The second-order valence-electron chi connectivity index (χ2n) is 8.37. The van der Waals surface area contributed by atoms with E-state index < -0.39 is 0 Å². The number of ether oxygens (including phenoxy) is 1. The minimum atomic E-state index is 0.0425. The lowest BCUT2D eigenvalue weighted by molar-refractivity contribution is -0.136. The molecule has 0 aliphatic carbocycles. The number of benzene rings is 2. The summed E-state index contributed by atoms with van der Waals surface area (Å²) in [4.78, 5) is 15.5. The van der Waals surface area contributed by atoms with Gasteiger partial charge >= 0.3 is 0 Å². The van der Waals surface area contributed by atoms with E-state index in [0.29, 0.717) is 11.8 Å². The van der Waals surface area contributed by atoms with Gasteiger partial charge in [-0.3, -0.25) is 4.79 Å². The molecule has 2 aliphatic rings. The van der Waals surface area contributed by atoms with Crippen molar-refractivity contribution in [3.05, 3.63) is 71.3 Å². The summed E-state index contributed by atoms with van der Waals surface area (Å²) >= 11 is 0. The van der Waals surface area contributed by atoms with Crippen molar-refractivity contribution in [2.24, 2.45) is 5.92 Å². The first kappa shape index (κ1) is 20.1. The van der Waals surface area contributed by atoms with Crippen molar-refractivity contribution in [1.82, 2.24) is 10.2 Å². The molecule has 1 N–H and O–H groups in total. The fourth-order valence-corrected chi connectivity index (χ4v) is 4.88. The second kappa shape index (κ2) is 9.55. The van der Waals surface area contributed by atoms with Crippen LogP contribution in [0.15, 0.2) is 54.6 Å². The zero-order valence-electron chi connectivity index (χ0n) is 17.3. The van der Waals surface area contributed by atoms with Gasteiger partial charge in [0.1, 0.15) is 0 Å². The molecule has 4 rings (SSSR count). The monoisotopic (exact) mass is 392 g/mol. The van der Waals surface area contributed by atoms with Gasteiger partial charge in [0.05, 0.1) is 12.5 Å². The molecule has 2 aliphatic heterocycles. The maximum absolute atomic E-state index is 13.4. The van der Waals surface area contributed by atoms with Gasteiger partial charge in [-0.05, 0) is 41.9 Å². The molecule has 0 radical (unpaired) electrons. The summed E-state index contributed by atoms with van der Waals surface area (Å²) < 4.78 is 5.22. The van der Waals surface area contributed by atoms with Crippen LogP contribution in [0, 0.1) is 5.92 Å². The molecule has 2 aromatic rings. The minimum absolute atomic E-state index is 0.0425. The van der Waals surface area contributed by atoms with Crippen LogP contribution in [0.5, 0.6) is 0 Å². The fraction of sp³-hybridized carbons (Fsp3) is 0.480. The Bertz CT molecular complexity index is 799. The zero-order valence-corrected chi connectivity index (χ0v) is 17.3. The van der Waals surface area contributed by atoms with Gasteiger partial charge < -0.3 is 15.0 Å². The minimum Gasteiger partial charge on any atom is -0.384 e. The van der Waals surface area contributed by atoms with Crippen LogP contribution in [0.25, 0.3) is 0 Å². The highest BCUT2D eigenvalue weighted by molar-refractivity contribution is 5.80. The summed E-state index contributed by atoms with van der Waals surface area (Å²) in [7, 11) is 1.74. The van der Waals surface area contributed by atoms with Crippen LogP contribution >= 0.6 is 0 Å². The Kier molecular flexibility index (Phi) is 6.63. The SMILES string of the molecule is COCCc1cccc(C2CNC[C@H]2C(=O)N2CCC(c3ccccc3)CC2)c1. The van der Waals surface area contributed by atoms with Crippen LogP contribution in [0.1, 0.15) is 41.4 Å². The topological polar surface area (TPSA) is 41.6 Å². The lowest BCUT2D eigenvalue weighted by atomic mass is 9.85. The van der Waals surface area contributed by atoms with Gasteiger partial charge in [-0.1, -0.05) is 54.6 Å². The molecule has 2 fully saturated rings. The summed E-state index contributed by atoms with van der Waals surface area (Å²) in [5.41, 5.74) is 3.97. The van der Waals surface area contributed by atoms with E-state index in [-0.39, 0.29) is 11.8 Å². The predicted octanol–water partition coefficient (Wildman–Crippen LogP) is 3.58. The van der Waals surface area contributed by atoms with Crippen molar-refractivity contribution < 1.29 is 9.53 Å². The summed E-state index contributed by atoms with van der Waals surface area (Å²) in [5.74, 6) is 1.21. The van der Waals surface area contributed by atoms with Gasteiger partial charge in [-0.15, -0.1) is 0 Å². The predicted molar refractivity (Wildman–Crippen MR) is 116 cm³/mol. The number of hydrogen-bond donors (Lipinski definition) is 1. The molecular weight excluding hydrogens is 360 g/mol. The Morgan fingerprint density at radius 2 is 1.79 bits per heavy atom. The van der Waals surface area contributed by atoms with Crippen LogP contribution in [-0.2, 0) is 16.0 Å². The largest absolute Gasteiger partial charge is 0.384 e. The lowest BCUT2D eigenvalue weighted by Gasteiger charge is -2.35. The van der Waals surface area contributed by atoms with Crippen molar-refractivity contribution >= 4 is 5.91 Å². The standard InChI is InChI=1S/C25H32N2O2/c1-29-15-12-19-6-5-9-22(16-19)23-17-26-18-24(23)25(28)27-13-10-21(11-14-27)20-7-3-2-4-8-20/h2-9,16,21,23-24,26H,10-15,17-18H2,1H3/t23?,24-/m1/s1. The van der Waals surface area contributed by atoms with E-state index in [4.69, 9.17) is 4.74 Å². The number of piperidine rings is 1. The van der Waals surface area contributed by atoms with Gasteiger partial charge in [-0.2, -0.15) is 0 Å². The molecule has 154 valence electrons. The number of nitrogens with one attached hydrogen (secondary N) is 1. The first-order valence-corrected chi connectivity index (χ1v) is 10.9. The molecule has 1 unspecified atom stereocenters. The Balaban J connectivity index is 1.40. The van der Waals surface area contributed by atoms with E-state index in [0.717, 1.165) is 52.0 Å². The van der Waals surface area contributed by atoms with Crippen LogP contribution < -0.4 is 5.32 Å². The Morgan fingerprint density at radius 3 is 2.55 bits per heavy atom. The molecule has 4 heteroatoms. The first-order valence-electron chi connectivity index (χ1n) is 10.9. The number of amides is 1. The van der Waals surface area contributed by atoms with Gasteiger partial charge in [0.25, 0.3) is 0 Å². The fourth-order valence-electron chi connectivity index (χ4n) is 4.88. The van der Waals surface area contributed by atoms with Gasteiger partial charge in [0.2, 0.25) is 5.91 Å². The lowest BCUT2D eigenvalue weighted by Crippen LogP contribution is -2.43. The van der Waals surface area contributed by atoms with E-state index >= 15 is 0 Å². The Hall–Kier alpha value is -2.17. The third kappa shape index (κ3) is 4.71. The van der Waals surface area contributed by atoms with Crippen LogP contribution in [0.4, 0.5) is 0 Å². The third-order valence-electron chi connectivity index (χ3n) is 6.58. The number of likely N-dealkylation sites (tertiary alicyclic amines) is 1. The van der Waals surface area contributed by atoms with Crippen molar-refractivity contribution in [3.8, 4) is 0 Å². The summed E-state index contributed by atoms with van der Waals surface area (Å²) in [6, 6.07) is 19.4. The van der Waals surface area contributed by atoms with Crippen molar-refractivity contribution in [3.63, 3.8) is 0 Å². The van der Waals surface area contributed by atoms with Crippen LogP contribution in [-0.4, -0.2) is 50.7 Å². The highest BCUT2D eigenvalue weighted by atomic mass is 16.5. The number of nitrogens with zero attached hydrogens (tertiary/aromatic N) is 1. The average molecular weight is 393 g/mol. The molecule has 1 amide bonds. The van der Waals surface area contributed by atoms with Gasteiger partial charge in [0.15, 0.2) is 0 Å². The van der Waals surface area contributed by atoms with E-state index in [2.05, 4.69) is 64.8 Å². The molecule has 0 spiro atoms. The smallest absolute Gasteiger partial charge is 0.227 e. The van der Waals surface area contributed by atoms with Crippen molar-refractivity contribution in [2.75, 3.05) is 39.9 Å². The van der Waals surface area contributed by atoms with Crippen LogP contribution in [0.2, 0.25) is 0 Å². The van der Waals surface area contributed by atoms with E-state index in [1.165, 1.54) is 16.7 Å². The molecule has 0 aromatic heterocycles. The van der Waals surface area contributed by atoms with Gasteiger partial charge in [-0.25, -0.2) is 0 Å². The number of methoxy groups -OCH3 is 1. The Morgan fingerprint density at radius 1 is 1.03 bits per heavy atom. The molecule has 2 saturated heterocycles. The normalized spacial score (nSPS) is 22.7. The molecule has 2 aromatic carbocycles. The van der Waals surface area contributed by atoms with Crippen LogP contribution in [0.3, 0.4) is 0 Å². The summed E-state index contributed by atoms with van der Waals surface area (Å²) in [6.07, 6.45) is 3.04. The van der Waals surface area contributed by atoms with E-state index in [1.807, 2.05) is 0 Å². The van der Waals surface area contributed by atoms with E-state index in [1.54, 1.807) is 7.11 Å². The molecule has 0 saturated carbocycles. The quantitative estimate of drug-likeness (QED) is 0.817. The van der Waals surface area contributed by atoms with Crippen molar-refractivity contribution in [1.29, 1.82) is 0 Å². The number of rotatable bonds is 6. The summed E-state index contributed by atoms with van der Waals surface area (Å²) in [6.45, 7) is 4.13.